The highest BCUT2D eigenvalue weighted by molar-refractivity contribution is 6.30. The van der Waals surface area contributed by atoms with Gasteiger partial charge in [-0.25, -0.2) is 0 Å². The summed E-state index contributed by atoms with van der Waals surface area (Å²) in [6.45, 7) is 5.78. The Morgan fingerprint density at radius 3 is 2.26 bits per heavy atom. The Morgan fingerprint density at radius 1 is 1.26 bits per heavy atom. The molecule has 4 heteroatoms. The molecule has 1 amide bonds. The van der Waals surface area contributed by atoms with Crippen LogP contribution in [-0.4, -0.2) is 29.9 Å². The molecule has 0 fully saturated rings. The van der Waals surface area contributed by atoms with Crippen molar-refractivity contribution in [3.63, 3.8) is 0 Å². The average Bonchev–Trinajstić information content (AvgIpc) is 2.38. The molecule has 1 aromatic rings. The first-order valence-corrected chi connectivity index (χ1v) is 6.97. The van der Waals surface area contributed by atoms with Crippen LogP contribution in [0.4, 0.5) is 0 Å². The summed E-state index contributed by atoms with van der Waals surface area (Å²) in [7, 11) is 1.84. The summed E-state index contributed by atoms with van der Waals surface area (Å²) in [4.78, 5) is 14.0. The minimum absolute atomic E-state index is 0.0939. The molecule has 2 N–H and O–H groups in total. The lowest BCUT2D eigenvalue weighted by Crippen LogP contribution is -2.44. The molecule has 0 aromatic heterocycles. The third-order valence-electron chi connectivity index (χ3n) is 3.63. The van der Waals surface area contributed by atoms with Crippen LogP contribution in [0, 0.1) is 5.92 Å². The van der Waals surface area contributed by atoms with E-state index in [0.29, 0.717) is 0 Å². The zero-order chi connectivity index (χ0) is 14.6. The predicted octanol–water partition coefficient (Wildman–Crippen LogP) is 2.71. The first-order chi connectivity index (χ1) is 8.82. The van der Waals surface area contributed by atoms with Gasteiger partial charge in [0.05, 0.1) is 5.92 Å². The summed E-state index contributed by atoms with van der Waals surface area (Å²) in [5.74, 6) is -0.0610. The van der Waals surface area contributed by atoms with Crippen molar-refractivity contribution < 1.29 is 4.79 Å². The molecule has 0 spiro atoms. The molecular weight excluding hydrogens is 260 g/mol. The van der Waals surface area contributed by atoms with Gasteiger partial charge in [-0.3, -0.25) is 4.79 Å². The van der Waals surface area contributed by atoms with E-state index in [1.165, 1.54) is 5.56 Å². The van der Waals surface area contributed by atoms with Crippen molar-refractivity contribution in [3.05, 3.63) is 34.9 Å². The predicted molar refractivity (Wildman–Crippen MR) is 80.2 cm³/mol. The molecule has 0 bridgehead atoms. The summed E-state index contributed by atoms with van der Waals surface area (Å²) in [6.07, 6.45) is 0.811. The largest absolute Gasteiger partial charge is 0.342 e. The van der Waals surface area contributed by atoms with E-state index in [2.05, 4.69) is 0 Å². The number of carbonyl (C=O) groups excluding carboxylic acids is 1. The maximum atomic E-state index is 12.2. The van der Waals surface area contributed by atoms with E-state index in [1.54, 1.807) is 4.90 Å². The van der Waals surface area contributed by atoms with Gasteiger partial charge in [-0.15, -0.1) is 0 Å². The highest BCUT2D eigenvalue weighted by Gasteiger charge is 2.24. The fourth-order valence-corrected chi connectivity index (χ4v) is 1.99. The van der Waals surface area contributed by atoms with E-state index in [4.69, 9.17) is 17.3 Å². The van der Waals surface area contributed by atoms with Crippen molar-refractivity contribution in [2.75, 3.05) is 7.05 Å². The van der Waals surface area contributed by atoms with E-state index < -0.39 is 0 Å². The van der Waals surface area contributed by atoms with Crippen LogP contribution in [0.25, 0.3) is 0 Å². The van der Waals surface area contributed by atoms with Gasteiger partial charge in [-0.05, 0) is 38.0 Å². The van der Waals surface area contributed by atoms with Gasteiger partial charge >= 0.3 is 0 Å². The number of amides is 1. The van der Waals surface area contributed by atoms with Gasteiger partial charge in [0.2, 0.25) is 5.91 Å². The van der Waals surface area contributed by atoms with Crippen molar-refractivity contribution >= 4 is 17.5 Å². The SMILES string of the molecule is CC(N)C(C)C(=O)N(C)C(C)Cc1ccc(Cl)cc1. The molecule has 0 radical (unpaired) electrons. The number of halogens is 1. The monoisotopic (exact) mass is 282 g/mol. The van der Waals surface area contributed by atoms with Gasteiger partial charge in [-0.1, -0.05) is 30.7 Å². The molecule has 0 aliphatic heterocycles. The molecular formula is C15H23ClN2O. The van der Waals surface area contributed by atoms with E-state index >= 15 is 0 Å². The molecule has 3 unspecified atom stereocenters. The van der Waals surface area contributed by atoms with Crippen LogP contribution in [0.2, 0.25) is 5.02 Å². The van der Waals surface area contributed by atoms with Crippen LogP contribution < -0.4 is 5.73 Å². The molecule has 19 heavy (non-hydrogen) atoms. The number of hydrogen-bond acceptors (Lipinski definition) is 2. The average molecular weight is 283 g/mol. The maximum Gasteiger partial charge on any atom is 0.226 e. The molecule has 0 saturated heterocycles. The van der Waals surface area contributed by atoms with Crippen molar-refractivity contribution in [1.29, 1.82) is 0 Å². The number of carbonyl (C=O) groups is 1. The lowest BCUT2D eigenvalue weighted by molar-refractivity contribution is -0.135. The molecule has 3 nitrogen and oxygen atoms in total. The van der Waals surface area contributed by atoms with Gasteiger partial charge < -0.3 is 10.6 Å². The lowest BCUT2D eigenvalue weighted by atomic mass is 10.0. The highest BCUT2D eigenvalue weighted by atomic mass is 35.5. The Morgan fingerprint density at radius 2 is 1.79 bits per heavy atom. The van der Waals surface area contributed by atoms with Crippen LogP contribution in [0.5, 0.6) is 0 Å². The topological polar surface area (TPSA) is 46.3 Å². The Kier molecular flexibility index (Phi) is 5.83. The molecule has 1 rings (SSSR count). The third-order valence-corrected chi connectivity index (χ3v) is 3.88. The van der Waals surface area contributed by atoms with Crippen LogP contribution >= 0.6 is 11.6 Å². The lowest BCUT2D eigenvalue weighted by Gasteiger charge is -2.29. The van der Waals surface area contributed by atoms with Gasteiger partial charge in [0.15, 0.2) is 0 Å². The second kappa shape index (κ2) is 6.92. The fraction of sp³-hybridized carbons (Fsp3) is 0.533. The van der Waals surface area contributed by atoms with Gasteiger partial charge in [0, 0.05) is 24.2 Å². The molecule has 0 aliphatic rings. The second-order valence-electron chi connectivity index (χ2n) is 5.28. The summed E-state index contributed by atoms with van der Waals surface area (Å²) in [5.41, 5.74) is 6.95. The Bertz CT molecular complexity index is 417. The Hall–Kier alpha value is -1.06. The van der Waals surface area contributed by atoms with Gasteiger partial charge in [-0.2, -0.15) is 0 Å². The van der Waals surface area contributed by atoms with Crippen molar-refractivity contribution in [2.45, 2.75) is 39.3 Å². The van der Waals surface area contributed by atoms with Crippen molar-refractivity contribution in [3.8, 4) is 0 Å². The summed E-state index contributed by atoms with van der Waals surface area (Å²) in [5, 5.41) is 0.728. The molecule has 3 atom stereocenters. The number of nitrogens with two attached hydrogens (primary N) is 1. The summed E-state index contributed by atoms with van der Waals surface area (Å²) >= 11 is 5.86. The number of nitrogens with zero attached hydrogens (tertiary/aromatic N) is 1. The normalized spacial score (nSPS) is 15.7. The van der Waals surface area contributed by atoms with Crippen LogP contribution in [0.3, 0.4) is 0 Å². The van der Waals surface area contributed by atoms with Crippen LogP contribution in [0.1, 0.15) is 26.3 Å². The van der Waals surface area contributed by atoms with Crippen molar-refractivity contribution in [1.82, 2.24) is 4.90 Å². The first kappa shape index (κ1) is 16.0. The zero-order valence-electron chi connectivity index (χ0n) is 12.1. The molecule has 0 heterocycles. The standard InChI is InChI=1S/C15H23ClN2O/c1-10(9-13-5-7-14(16)8-6-13)18(4)15(19)11(2)12(3)17/h5-8,10-12H,9,17H2,1-4H3. The zero-order valence-corrected chi connectivity index (χ0v) is 12.8. The highest BCUT2D eigenvalue weighted by Crippen LogP contribution is 2.14. The summed E-state index contributed by atoms with van der Waals surface area (Å²) in [6, 6.07) is 7.73. The fourth-order valence-electron chi connectivity index (χ4n) is 1.86. The second-order valence-corrected chi connectivity index (χ2v) is 5.71. The van der Waals surface area contributed by atoms with Gasteiger partial charge in [0.25, 0.3) is 0 Å². The minimum Gasteiger partial charge on any atom is -0.342 e. The van der Waals surface area contributed by atoms with Crippen LogP contribution in [-0.2, 0) is 11.2 Å². The molecule has 106 valence electrons. The molecule has 1 aromatic carbocycles. The number of likely N-dealkylation sites (N-methyl/N-ethyl adjacent to an activating group) is 1. The number of rotatable bonds is 5. The third kappa shape index (κ3) is 4.51. The Balaban J connectivity index is 2.64. The smallest absolute Gasteiger partial charge is 0.226 e. The van der Waals surface area contributed by atoms with E-state index in [0.717, 1.165) is 11.4 Å². The maximum absolute atomic E-state index is 12.2. The number of hydrogen-bond donors (Lipinski definition) is 1. The first-order valence-electron chi connectivity index (χ1n) is 6.59. The van der Waals surface area contributed by atoms with E-state index in [-0.39, 0.29) is 23.9 Å². The van der Waals surface area contributed by atoms with Gasteiger partial charge in [0.1, 0.15) is 0 Å². The molecule has 0 aliphatic carbocycles. The molecule has 0 saturated carbocycles. The number of benzene rings is 1. The van der Waals surface area contributed by atoms with Crippen molar-refractivity contribution in [2.24, 2.45) is 11.7 Å². The summed E-state index contributed by atoms with van der Waals surface area (Å²) < 4.78 is 0. The Labute approximate surface area is 120 Å². The van der Waals surface area contributed by atoms with E-state index in [1.807, 2.05) is 52.1 Å². The van der Waals surface area contributed by atoms with E-state index in [9.17, 15) is 4.79 Å². The quantitative estimate of drug-likeness (QED) is 0.903. The minimum atomic E-state index is -0.155. The van der Waals surface area contributed by atoms with Crippen LogP contribution in [0.15, 0.2) is 24.3 Å².